The highest BCUT2D eigenvalue weighted by Crippen LogP contribution is 2.33. The molecule has 0 bridgehead atoms. The van der Waals surface area contributed by atoms with E-state index in [1.807, 2.05) is 0 Å². The van der Waals surface area contributed by atoms with Crippen LogP contribution in [-0.2, 0) is 17.7 Å². The number of aromatic nitrogens is 1. The molecular formula is C17H28N2O. The van der Waals surface area contributed by atoms with Gasteiger partial charge in [0.25, 0.3) is 0 Å². The predicted molar refractivity (Wildman–Crippen MR) is 83.0 cm³/mol. The molecule has 2 heterocycles. The molecule has 0 spiro atoms. The summed E-state index contributed by atoms with van der Waals surface area (Å²) in [6.45, 7) is 7.29. The third-order valence-electron chi connectivity index (χ3n) is 4.36. The summed E-state index contributed by atoms with van der Waals surface area (Å²) < 4.78 is 5.49. The van der Waals surface area contributed by atoms with Crippen molar-refractivity contribution in [2.45, 2.75) is 45.6 Å². The zero-order valence-corrected chi connectivity index (χ0v) is 13.4. The second-order valence-corrected chi connectivity index (χ2v) is 6.17. The molecule has 2 rings (SSSR count). The molecule has 0 radical (unpaired) electrons. The summed E-state index contributed by atoms with van der Waals surface area (Å²) in [5.41, 5.74) is 3.89. The number of pyridine rings is 1. The van der Waals surface area contributed by atoms with Crippen LogP contribution in [0, 0.1) is 5.92 Å². The van der Waals surface area contributed by atoms with Crippen LogP contribution >= 0.6 is 0 Å². The van der Waals surface area contributed by atoms with Crippen molar-refractivity contribution in [3.63, 3.8) is 0 Å². The van der Waals surface area contributed by atoms with Gasteiger partial charge in [0.15, 0.2) is 0 Å². The van der Waals surface area contributed by atoms with E-state index in [0.717, 1.165) is 32.1 Å². The van der Waals surface area contributed by atoms with E-state index >= 15 is 0 Å². The highest BCUT2D eigenvalue weighted by Gasteiger charge is 2.24. The Balaban J connectivity index is 2.23. The van der Waals surface area contributed by atoms with Crippen molar-refractivity contribution in [1.82, 2.24) is 9.88 Å². The first-order valence-electron chi connectivity index (χ1n) is 7.83. The third-order valence-corrected chi connectivity index (χ3v) is 4.36. The average Bonchev–Trinajstić information content (AvgIpc) is 2.46. The molecule has 0 saturated carbocycles. The monoisotopic (exact) mass is 276 g/mol. The van der Waals surface area contributed by atoms with Gasteiger partial charge in [-0.3, -0.25) is 4.98 Å². The Morgan fingerprint density at radius 3 is 2.60 bits per heavy atom. The molecule has 20 heavy (non-hydrogen) atoms. The Labute approximate surface area is 123 Å². The molecule has 1 aliphatic rings. The SMILES string of the molecule is CCc1ccc(C(C)C2CCOCC2)c(CN(C)C)n1. The van der Waals surface area contributed by atoms with Crippen molar-refractivity contribution >= 4 is 0 Å². The highest BCUT2D eigenvalue weighted by molar-refractivity contribution is 5.27. The molecule has 1 saturated heterocycles. The van der Waals surface area contributed by atoms with E-state index in [9.17, 15) is 0 Å². The molecule has 112 valence electrons. The van der Waals surface area contributed by atoms with Gasteiger partial charge in [0.1, 0.15) is 0 Å². The maximum atomic E-state index is 5.49. The Kier molecular flexibility index (Phi) is 5.55. The molecule has 3 nitrogen and oxygen atoms in total. The summed E-state index contributed by atoms with van der Waals surface area (Å²) in [7, 11) is 4.23. The normalized spacial score (nSPS) is 18.4. The summed E-state index contributed by atoms with van der Waals surface area (Å²) in [6.07, 6.45) is 3.36. The minimum atomic E-state index is 0.576. The summed E-state index contributed by atoms with van der Waals surface area (Å²) in [4.78, 5) is 7.08. The summed E-state index contributed by atoms with van der Waals surface area (Å²) in [5.74, 6) is 1.31. The molecule has 1 aliphatic heterocycles. The average molecular weight is 276 g/mol. The number of aryl methyl sites for hydroxylation is 1. The Hall–Kier alpha value is -0.930. The zero-order chi connectivity index (χ0) is 14.5. The van der Waals surface area contributed by atoms with Crippen LogP contribution in [0.4, 0.5) is 0 Å². The van der Waals surface area contributed by atoms with Gasteiger partial charge in [-0.25, -0.2) is 0 Å². The zero-order valence-electron chi connectivity index (χ0n) is 13.4. The van der Waals surface area contributed by atoms with Crippen molar-refractivity contribution in [2.75, 3.05) is 27.3 Å². The van der Waals surface area contributed by atoms with Gasteiger partial charge in [-0.15, -0.1) is 0 Å². The van der Waals surface area contributed by atoms with E-state index in [0.29, 0.717) is 5.92 Å². The van der Waals surface area contributed by atoms with E-state index in [2.05, 4.69) is 45.0 Å². The molecule has 0 aromatic carbocycles. The molecule has 3 heteroatoms. The Morgan fingerprint density at radius 1 is 1.30 bits per heavy atom. The Bertz CT molecular complexity index is 425. The van der Waals surface area contributed by atoms with Gasteiger partial charge in [0, 0.05) is 25.5 Å². The van der Waals surface area contributed by atoms with E-state index in [4.69, 9.17) is 9.72 Å². The molecule has 1 atom stereocenters. The largest absolute Gasteiger partial charge is 0.381 e. The molecule has 1 aromatic rings. The van der Waals surface area contributed by atoms with Crippen molar-refractivity contribution < 1.29 is 4.74 Å². The van der Waals surface area contributed by atoms with Crippen LogP contribution in [-0.4, -0.2) is 37.2 Å². The lowest BCUT2D eigenvalue weighted by Gasteiger charge is -2.29. The van der Waals surface area contributed by atoms with E-state index in [-0.39, 0.29) is 0 Å². The van der Waals surface area contributed by atoms with Gasteiger partial charge in [-0.05, 0) is 56.8 Å². The van der Waals surface area contributed by atoms with Gasteiger partial charge >= 0.3 is 0 Å². The first kappa shape index (κ1) is 15.5. The fourth-order valence-corrected chi connectivity index (χ4v) is 3.06. The molecule has 1 unspecified atom stereocenters. The fraction of sp³-hybridized carbons (Fsp3) is 0.706. The van der Waals surface area contributed by atoms with E-state index < -0.39 is 0 Å². The molecular weight excluding hydrogens is 248 g/mol. The maximum absolute atomic E-state index is 5.49. The number of nitrogens with zero attached hydrogens (tertiary/aromatic N) is 2. The van der Waals surface area contributed by atoms with Gasteiger partial charge in [-0.1, -0.05) is 19.9 Å². The Morgan fingerprint density at radius 2 is 2.00 bits per heavy atom. The van der Waals surface area contributed by atoms with Crippen LogP contribution in [0.2, 0.25) is 0 Å². The molecule has 1 aromatic heterocycles. The number of rotatable bonds is 5. The maximum Gasteiger partial charge on any atom is 0.0581 e. The van der Waals surface area contributed by atoms with Crippen LogP contribution in [0.3, 0.4) is 0 Å². The number of hydrogen-bond acceptors (Lipinski definition) is 3. The second kappa shape index (κ2) is 7.19. The molecule has 0 aliphatic carbocycles. The topological polar surface area (TPSA) is 25.4 Å². The van der Waals surface area contributed by atoms with Gasteiger partial charge in [0.2, 0.25) is 0 Å². The van der Waals surface area contributed by atoms with Gasteiger partial charge < -0.3 is 9.64 Å². The van der Waals surface area contributed by atoms with E-state index in [1.165, 1.54) is 29.8 Å². The summed E-state index contributed by atoms with van der Waals surface area (Å²) in [6, 6.07) is 4.51. The van der Waals surface area contributed by atoms with Crippen LogP contribution in [0.5, 0.6) is 0 Å². The van der Waals surface area contributed by atoms with Crippen LogP contribution in [0.15, 0.2) is 12.1 Å². The minimum absolute atomic E-state index is 0.576. The van der Waals surface area contributed by atoms with Crippen molar-refractivity contribution in [1.29, 1.82) is 0 Å². The lowest BCUT2D eigenvalue weighted by atomic mass is 9.82. The number of ether oxygens (including phenoxy) is 1. The van der Waals surface area contributed by atoms with Crippen LogP contribution in [0.25, 0.3) is 0 Å². The molecule has 0 amide bonds. The first-order chi connectivity index (χ1) is 9.61. The third kappa shape index (κ3) is 3.80. The van der Waals surface area contributed by atoms with Crippen molar-refractivity contribution in [2.24, 2.45) is 5.92 Å². The lowest BCUT2D eigenvalue weighted by molar-refractivity contribution is 0.0594. The van der Waals surface area contributed by atoms with Crippen LogP contribution in [0.1, 0.15) is 49.6 Å². The summed E-state index contributed by atoms with van der Waals surface area (Å²) >= 11 is 0. The van der Waals surface area contributed by atoms with Crippen LogP contribution < -0.4 is 0 Å². The van der Waals surface area contributed by atoms with Crippen molar-refractivity contribution in [3.05, 3.63) is 29.1 Å². The highest BCUT2D eigenvalue weighted by atomic mass is 16.5. The van der Waals surface area contributed by atoms with E-state index in [1.54, 1.807) is 0 Å². The molecule has 1 fully saturated rings. The fourth-order valence-electron chi connectivity index (χ4n) is 3.06. The number of hydrogen-bond donors (Lipinski definition) is 0. The standard InChI is InChI=1S/C17H28N2O/c1-5-15-6-7-16(17(18-15)12-19(3)4)13(2)14-8-10-20-11-9-14/h6-7,13-14H,5,8-12H2,1-4H3. The summed E-state index contributed by atoms with van der Waals surface area (Å²) in [5, 5.41) is 0. The second-order valence-electron chi connectivity index (χ2n) is 6.17. The van der Waals surface area contributed by atoms with Crippen molar-refractivity contribution in [3.8, 4) is 0 Å². The van der Waals surface area contributed by atoms with Gasteiger partial charge in [-0.2, -0.15) is 0 Å². The first-order valence-corrected chi connectivity index (χ1v) is 7.83. The minimum Gasteiger partial charge on any atom is -0.381 e. The van der Waals surface area contributed by atoms with Gasteiger partial charge in [0.05, 0.1) is 5.69 Å². The predicted octanol–water partition coefficient (Wildman–Crippen LogP) is 3.24. The smallest absolute Gasteiger partial charge is 0.0581 e. The lowest BCUT2D eigenvalue weighted by Crippen LogP contribution is -2.23. The molecule has 0 N–H and O–H groups in total. The quantitative estimate of drug-likeness (QED) is 0.825.